The number of amides is 1. The summed E-state index contributed by atoms with van der Waals surface area (Å²) in [5, 5.41) is 13.0. The van der Waals surface area contributed by atoms with Gasteiger partial charge in [0.25, 0.3) is 5.91 Å². The molecule has 23 heavy (non-hydrogen) atoms. The highest BCUT2D eigenvalue weighted by atomic mass is 19.3. The number of carbonyl (C=O) groups excluding carboxylic acids is 1. The number of hydrogen-bond donors (Lipinski definition) is 2. The van der Waals surface area contributed by atoms with Gasteiger partial charge in [0.05, 0.1) is 6.54 Å². The Morgan fingerprint density at radius 3 is 2.87 bits per heavy atom. The molecule has 1 amide bonds. The minimum atomic E-state index is -2.58. The largest absolute Gasteiger partial charge is 0.342 e. The molecule has 0 bridgehead atoms. The van der Waals surface area contributed by atoms with Gasteiger partial charge in [-0.15, -0.1) is 0 Å². The Balaban J connectivity index is 1.54. The normalized spacial score (nSPS) is 18.0. The quantitative estimate of drug-likeness (QED) is 0.899. The molecule has 0 atom stereocenters. The van der Waals surface area contributed by atoms with E-state index in [1.54, 1.807) is 13.0 Å². The van der Waals surface area contributed by atoms with Gasteiger partial charge >= 0.3 is 0 Å². The molecule has 2 N–H and O–H groups in total. The summed E-state index contributed by atoms with van der Waals surface area (Å²) in [7, 11) is 0. The molecule has 9 heteroatoms. The number of H-pyrrole nitrogens is 1. The van der Waals surface area contributed by atoms with E-state index in [1.165, 1.54) is 0 Å². The SMILES string of the molecule is Cc1cc(C(=O)NCc2nc(C3CCC(F)(F)CC3)no2)n[nH]1. The number of rotatable bonds is 4. The first kappa shape index (κ1) is 15.6. The summed E-state index contributed by atoms with van der Waals surface area (Å²) in [5.41, 5.74) is 1.06. The van der Waals surface area contributed by atoms with Gasteiger partial charge in [0.1, 0.15) is 5.69 Å². The Kier molecular flexibility index (Phi) is 4.10. The summed E-state index contributed by atoms with van der Waals surface area (Å²) in [6.45, 7) is 1.86. The standard InChI is InChI=1S/C14H17F2N5O2/c1-8-6-10(20-19-8)13(22)17-7-11-18-12(21-23-11)9-2-4-14(15,16)5-3-9/h6,9H,2-5,7H2,1H3,(H,17,22)(H,19,20). The number of nitrogens with zero attached hydrogens (tertiary/aromatic N) is 3. The first-order valence-electron chi connectivity index (χ1n) is 7.43. The van der Waals surface area contributed by atoms with E-state index in [0.717, 1.165) is 5.69 Å². The Bertz CT molecular complexity index is 687. The second kappa shape index (κ2) is 6.05. The number of hydrogen-bond acceptors (Lipinski definition) is 5. The molecule has 124 valence electrons. The van der Waals surface area contributed by atoms with Crippen molar-refractivity contribution < 1.29 is 18.1 Å². The van der Waals surface area contributed by atoms with Crippen molar-refractivity contribution in [2.45, 2.75) is 51.0 Å². The van der Waals surface area contributed by atoms with Crippen LogP contribution >= 0.6 is 0 Å². The van der Waals surface area contributed by atoms with Gasteiger partial charge in [-0.3, -0.25) is 9.89 Å². The van der Waals surface area contributed by atoms with Gasteiger partial charge in [0.2, 0.25) is 11.8 Å². The van der Waals surface area contributed by atoms with Gasteiger partial charge in [-0.1, -0.05) is 5.16 Å². The van der Waals surface area contributed by atoms with E-state index in [-0.39, 0.29) is 42.8 Å². The zero-order chi connectivity index (χ0) is 16.4. The Morgan fingerprint density at radius 2 is 2.22 bits per heavy atom. The summed E-state index contributed by atoms with van der Waals surface area (Å²) in [6.07, 6.45) is 0.364. The molecule has 0 aromatic carbocycles. The number of aryl methyl sites for hydroxylation is 1. The predicted octanol–water partition coefficient (Wildman–Crippen LogP) is 2.32. The van der Waals surface area contributed by atoms with Crippen LogP contribution in [-0.4, -0.2) is 32.2 Å². The molecule has 2 aromatic heterocycles. The van der Waals surface area contributed by atoms with Crippen molar-refractivity contribution in [1.29, 1.82) is 0 Å². The summed E-state index contributed by atoms with van der Waals surface area (Å²) in [6, 6.07) is 1.62. The van der Waals surface area contributed by atoms with E-state index < -0.39 is 5.92 Å². The number of alkyl halides is 2. The number of halogens is 2. The molecule has 0 unspecified atom stereocenters. The second-order valence-electron chi connectivity index (χ2n) is 5.80. The van der Waals surface area contributed by atoms with Crippen molar-refractivity contribution >= 4 is 5.91 Å². The zero-order valence-corrected chi connectivity index (χ0v) is 12.6. The predicted molar refractivity (Wildman–Crippen MR) is 74.9 cm³/mol. The van der Waals surface area contributed by atoms with Gasteiger partial charge in [0.15, 0.2) is 5.82 Å². The van der Waals surface area contributed by atoms with Crippen molar-refractivity contribution in [2.24, 2.45) is 0 Å². The number of aromatic nitrogens is 4. The monoisotopic (exact) mass is 325 g/mol. The van der Waals surface area contributed by atoms with Crippen LogP contribution in [0.25, 0.3) is 0 Å². The van der Waals surface area contributed by atoms with Crippen molar-refractivity contribution in [3.05, 3.63) is 29.2 Å². The lowest BCUT2D eigenvalue weighted by atomic mass is 9.86. The lowest BCUT2D eigenvalue weighted by Crippen LogP contribution is -2.24. The van der Waals surface area contributed by atoms with Gasteiger partial charge in [-0.2, -0.15) is 10.1 Å². The zero-order valence-electron chi connectivity index (χ0n) is 12.6. The maximum Gasteiger partial charge on any atom is 0.272 e. The molecule has 1 fully saturated rings. The van der Waals surface area contributed by atoms with E-state index in [1.807, 2.05) is 0 Å². The van der Waals surface area contributed by atoms with Crippen LogP contribution in [0.3, 0.4) is 0 Å². The highest BCUT2D eigenvalue weighted by Gasteiger charge is 2.36. The van der Waals surface area contributed by atoms with E-state index in [9.17, 15) is 13.6 Å². The van der Waals surface area contributed by atoms with Crippen molar-refractivity contribution in [1.82, 2.24) is 25.7 Å². The molecule has 2 aromatic rings. The van der Waals surface area contributed by atoms with Crippen molar-refractivity contribution in [3.63, 3.8) is 0 Å². The topological polar surface area (TPSA) is 96.7 Å². The molecule has 1 aliphatic carbocycles. The van der Waals surface area contributed by atoms with E-state index >= 15 is 0 Å². The maximum absolute atomic E-state index is 13.2. The summed E-state index contributed by atoms with van der Waals surface area (Å²) in [4.78, 5) is 16.0. The van der Waals surface area contributed by atoms with Crippen LogP contribution in [0.5, 0.6) is 0 Å². The average molecular weight is 325 g/mol. The fourth-order valence-corrected chi connectivity index (χ4v) is 2.58. The fourth-order valence-electron chi connectivity index (χ4n) is 2.58. The van der Waals surface area contributed by atoms with Gasteiger partial charge in [-0.05, 0) is 25.8 Å². The maximum atomic E-state index is 13.2. The highest BCUT2D eigenvalue weighted by Crippen LogP contribution is 2.39. The number of nitrogens with one attached hydrogen (secondary N) is 2. The van der Waals surface area contributed by atoms with Crippen LogP contribution in [0.2, 0.25) is 0 Å². The summed E-state index contributed by atoms with van der Waals surface area (Å²) in [5.74, 6) is -2.37. The summed E-state index contributed by atoms with van der Waals surface area (Å²) < 4.78 is 31.4. The van der Waals surface area contributed by atoms with Gasteiger partial charge in [-0.25, -0.2) is 8.78 Å². The minimum absolute atomic E-state index is 0.0701. The Hall–Kier alpha value is -2.32. The van der Waals surface area contributed by atoms with Crippen LogP contribution < -0.4 is 5.32 Å². The molecule has 2 heterocycles. The molecule has 1 saturated carbocycles. The molecular formula is C14H17F2N5O2. The fraction of sp³-hybridized carbons (Fsp3) is 0.571. The first-order valence-corrected chi connectivity index (χ1v) is 7.43. The average Bonchev–Trinajstić information content (AvgIpc) is 3.14. The van der Waals surface area contributed by atoms with E-state index in [2.05, 4.69) is 25.7 Å². The van der Waals surface area contributed by atoms with Crippen LogP contribution in [0, 0.1) is 6.92 Å². The van der Waals surface area contributed by atoms with Gasteiger partial charge < -0.3 is 9.84 Å². The molecule has 0 saturated heterocycles. The van der Waals surface area contributed by atoms with Crippen molar-refractivity contribution in [2.75, 3.05) is 0 Å². The third-order valence-electron chi connectivity index (χ3n) is 3.90. The van der Waals surface area contributed by atoms with Crippen LogP contribution in [0.4, 0.5) is 8.78 Å². The third-order valence-corrected chi connectivity index (χ3v) is 3.90. The number of aromatic amines is 1. The Labute approximate surface area is 130 Å². The van der Waals surface area contributed by atoms with Gasteiger partial charge in [0, 0.05) is 24.5 Å². The molecule has 0 radical (unpaired) electrons. The van der Waals surface area contributed by atoms with Crippen LogP contribution in [0.1, 0.15) is 59.5 Å². The minimum Gasteiger partial charge on any atom is -0.342 e. The van der Waals surface area contributed by atoms with Crippen LogP contribution in [0.15, 0.2) is 10.6 Å². The van der Waals surface area contributed by atoms with Crippen LogP contribution in [-0.2, 0) is 6.54 Å². The van der Waals surface area contributed by atoms with E-state index in [0.29, 0.717) is 18.7 Å². The summed E-state index contributed by atoms with van der Waals surface area (Å²) >= 11 is 0. The second-order valence-corrected chi connectivity index (χ2v) is 5.80. The highest BCUT2D eigenvalue weighted by molar-refractivity contribution is 5.92. The molecule has 3 rings (SSSR count). The molecule has 0 aliphatic heterocycles. The smallest absolute Gasteiger partial charge is 0.272 e. The first-order chi connectivity index (χ1) is 10.9. The molecule has 0 spiro atoms. The van der Waals surface area contributed by atoms with Crippen molar-refractivity contribution in [3.8, 4) is 0 Å². The lowest BCUT2D eigenvalue weighted by molar-refractivity contribution is -0.0389. The number of carbonyl (C=O) groups is 1. The molecule has 7 nitrogen and oxygen atoms in total. The van der Waals surface area contributed by atoms with E-state index in [4.69, 9.17) is 4.52 Å². The molecular weight excluding hydrogens is 308 g/mol. The Morgan fingerprint density at radius 1 is 1.48 bits per heavy atom. The molecule has 1 aliphatic rings. The third kappa shape index (κ3) is 3.72. The lowest BCUT2D eigenvalue weighted by Gasteiger charge is -2.26.